The third kappa shape index (κ3) is 2.83. The molecule has 0 aliphatic carbocycles. The Morgan fingerprint density at radius 2 is 2.00 bits per heavy atom. The number of hydrogen-bond acceptors (Lipinski definition) is 4. The standard InChI is InChI=1S/C12H11ClFN3O2S/c1-15-9-5-6-16-7-11(9)20(18,19)17-10-4-2-3-8(13)12(10)14/h2-7,17H,1H3,(H,15,16). The molecule has 0 atom stereocenters. The van der Waals surface area contributed by atoms with Crippen molar-refractivity contribution in [1.82, 2.24) is 4.98 Å². The van der Waals surface area contributed by atoms with Crippen LogP contribution in [0.3, 0.4) is 0 Å². The zero-order valence-corrected chi connectivity index (χ0v) is 12.0. The molecule has 0 radical (unpaired) electrons. The molecule has 0 saturated heterocycles. The Kier molecular flexibility index (Phi) is 4.10. The summed E-state index contributed by atoms with van der Waals surface area (Å²) in [6.45, 7) is 0. The molecule has 2 rings (SSSR count). The Morgan fingerprint density at radius 1 is 1.25 bits per heavy atom. The predicted molar refractivity (Wildman–Crippen MR) is 76.0 cm³/mol. The smallest absolute Gasteiger partial charge is 0.265 e. The highest BCUT2D eigenvalue weighted by molar-refractivity contribution is 7.92. The summed E-state index contributed by atoms with van der Waals surface area (Å²) in [6.07, 6.45) is 2.63. The topological polar surface area (TPSA) is 71.1 Å². The molecule has 2 aromatic rings. The quantitative estimate of drug-likeness (QED) is 0.910. The predicted octanol–water partition coefficient (Wildman–Crippen LogP) is 2.72. The molecule has 1 aromatic heterocycles. The lowest BCUT2D eigenvalue weighted by Gasteiger charge is -2.12. The van der Waals surface area contributed by atoms with Crippen LogP contribution in [0.25, 0.3) is 0 Å². The molecule has 0 amide bonds. The van der Waals surface area contributed by atoms with E-state index in [1.165, 1.54) is 36.7 Å². The number of anilines is 2. The minimum atomic E-state index is -3.97. The van der Waals surface area contributed by atoms with Crippen molar-refractivity contribution in [3.8, 4) is 0 Å². The van der Waals surface area contributed by atoms with Crippen molar-refractivity contribution in [2.45, 2.75) is 4.90 Å². The van der Waals surface area contributed by atoms with Crippen LogP contribution in [0.2, 0.25) is 5.02 Å². The van der Waals surface area contributed by atoms with Crippen molar-refractivity contribution in [3.63, 3.8) is 0 Å². The number of hydrogen-bond donors (Lipinski definition) is 2. The van der Waals surface area contributed by atoms with Crippen LogP contribution < -0.4 is 10.0 Å². The maximum absolute atomic E-state index is 13.7. The first-order valence-corrected chi connectivity index (χ1v) is 7.40. The van der Waals surface area contributed by atoms with Crippen molar-refractivity contribution < 1.29 is 12.8 Å². The first-order chi connectivity index (χ1) is 9.45. The van der Waals surface area contributed by atoms with Gasteiger partial charge >= 0.3 is 0 Å². The molecule has 20 heavy (non-hydrogen) atoms. The fourth-order valence-electron chi connectivity index (χ4n) is 1.58. The Bertz CT molecular complexity index is 737. The molecule has 0 bridgehead atoms. The Morgan fingerprint density at radius 3 is 2.70 bits per heavy atom. The lowest BCUT2D eigenvalue weighted by molar-refractivity contribution is 0.598. The molecule has 1 heterocycles. The molecule has 0 unspecified atom stereocenters. The van der Waals surface area contributed by atoms with E-state index in [2.05, 4.69) is 15.0 Å². The van der Waals surface area contributed by atoms with Crippen LogP contribution in [0.4, 0.5) is 15.8 Å². The third-order valence-electron chi connectivity index (χ3n) is 2.54. The Hall–Kier alpha value is -1.86. The van der Waals surface area contributed by atoms with Crippen LogP contribution in [0.15, 0.2) is 41.6 Å². The maximum Gasteiger partial charge on any atom is 0.265 e. The van der Waals surface area contributed by atoms with Crippen LogP contribution in [-0.2, 0) is 10.0 Å². The molecule has 0 spiro atoms. The van der Waals surface area contributed by atoms with E-state index in [0.717, 1.165) is 0 Å². The van der Waals surface area contributed by atoms with E-state index in [1.807, 2.05) is 0 Å². The normalized spacial score (nSPS) is 11.2. The summed E-state index contributed by atoms with van der Waals surface area (Å²) in [4.78, 5) is 3.68. The van der Waals surface area contributed by atoms with Crippen LogP contribution in [0, 0.1) is 5.82 Å². The molecule has 106 valence electrons. The molecule has 0 saturated carbocycles. The fraction of sp³-hybridized carbons (Fsp3) is 0.0833. The van der Waals surface area contributed by atoms with Crippen LogP contribution in [-0.4, -0.2) is 20.4 Å². The van der Waals surface area contributed by atoms with Gasteiger partial charge in [-0.2, -0.15) is 0 Å². The van der Waals surface area contributed by atoms with Gasteiger partial charge in [0.15, 0.2) is 5.82 Å². The van der Waals surface area contributed by atoms with Crippen molar-refractivity contribution >= 4 is 33.0 Å². The van der Waals surface area contributed by atoms with Gasteiger partial charge in [0.25, 0.3) is 10.0 Å². The number of halogens is 2. The molecular weight excluding hydrogens is 305 g/mol. The molecule has 0 fully saturated rings. The van der Waals surface area contributed by atoms with Gasteiger partial charge in [0.2, 0.25) is 0 Å². The van der Waals surface area contributed by atoms with E-state index in [9.17, 15) is 12.8 Å². The van der Waals surface area contributed by atoms with Gasteiger partial charge in [-0.1, -0.05) is 17.7 Å². The number of nitrogens with zero attached hydrogens (tertiary/aromatic N) is 1. The first-order valence-electron chi connectivity index (χ1n) is 5.54. The second kappa shape index (κ2) is 5.64. The number of rotatable bonds is 4. The summed E-state index contributed by atoms with van der Waals surface area (Å²) in [5, 5.41) is 2.57. The van der Waals surface area contributed by atoms with Crippen molar-refractivity contribution in [2.75, 3.05) is 17.1 Å². The summed E-state index contributed by atoms with van der Waals surface area (Å²) in [7, 11) is -2.39. The van der Waals surface area contributed by atoms with E-state index >= 15 is 0 Å². The largest absolute Gasteiger partial charge is 0.387 e. The van der Waals surface area contributed by atoms with Gasteiger partial charge in [-0.15, -0.1) is 0 Å². The van der Waals surface area contributed by atoms with Crippen LogP contribution in [0.1, 0.15) is 0 Å². The summed E-state index contributed by atoms with van der Waals surface area (Å²) < 4.78 is 40.4. The van der Waals surface area contributed by atoms with Crippen molar-refractivity contribution in [2.24, 2.45) is 0 Å². The van der Waals surface area contributed by atoms with E-state index < -0.39 is 15.8 Å². The number of benzene rings is 1. The zero-order chi connectivity index (χ0) is 14.8. The van der Waals surface area contributed by atoms with Gasteiger partial charge in [0.05, 0.1) is 16.4 Å². The summed E-state index contributed by atoms with van der Waals surface area (Å²) in [5.41, 5.74) is 0.137. The van der Waals surface area contributed by atoms with Gasteiger partial charge in [0.1, 0.15) is 4.90 Å². The molecule has 2 N–H and O–H groups in total. The van der Waals surface area contributed by atoms with E-state index in [1.54, 1.807) is 7.05 Å². The molecular formula is C12H11ClFN3O2S. The van der Waals surface area contributed by atoms with Crippen molar-refractivity contribution in [1.29, 1.82) is 0 Å². The Balaban J connectivity index is 2.44. The van der Waals surface area contributed by atoms with Gasteiger partial charge in [0, 0.05) is 19.4 Å². The summed E-state index contributed by atoms with van der Waals surface area (Å²) in [5.74, 6) is -0.826. The third-order valence-corrected chi connectivity index (χ3v) is 4.22. The van der Waals surface area contributed by atoms with E-state index in [-0.39, 0.29) is 15.6 Å². The van der Waals surface area contributed by atoms with E-state index in [4.69, 9.17) is 11.6 Å². The second-order valence-corrected chi connectivity index (χ2v) is 5.89. The van der Waals surface area contributed by atoms with Gasteiger partial charge in [-0.3, -0.25) is 9.71 Å². The summed E-state index contributed by atoms with van der Waals surface area (Å²) in [6, 6.07) is 5.57. The molecule has 8 heteroatoms. The first kappa shape index (κ1) is 14.5. The highest BCUT2D eigenvalue weighted by Gasteiger charge is 2.20. The lowest BCUT2D eigenvalue weighted by atomic mass is 10.3. The lowest BCUT2D eigenvalue weighted by Crippen LogP contribution is -2.16. The number of pyridine rings is 1. The number of aromatic nitrogens is 1. The second-order valence-electron chi connectivity index (χ2n) is 3.83. The number of nitrogens with one attached hydrogen (secondary N) is 2. The highest BCUT2D eigenvalue weighted by Crippen LogP contribution is 2.26. The molecule has 0 aliphatic rings. The monoisotopic (exact) mass is 315 g/mol. The fourth-order valence-corrected chi connectivity index (χ4v) is 2.97. The van der Waals surface area contributed by atoms with Gasteiger partial charge in [-0.05, 0) is 18.2 Å². The molecule has 0 aliphatic heterocycles. The summed E-state index contributed by atoms with van der Waals surface area (Å²) >= 11 is 5.61. The molecule has 5 nitrogen and oxygen atoms in total. The SMILES string of the molecule is CNc1ccncc1S(=O)(=O)Nc1cccc(Cl)c1F. The minimum absolute atomic E-state index is 0.0816. The average Bonchev–Trinajstić information content (AvgIpc) is 2.43. The van der Waals surface area contributed by atoms with Gasteiger partial charge < -0.3 is 5.32 Å². The number of sulfonamides is 1. The maximum atomic E-state index is 13.7. The minimum Gasteiger partial charge on any atom is -0.387 e. The Labute approximate surface area is 120 Å². The van der Waals surface area contributed by atoms with Crippen molar-refractivity contribution in [3.05, 3.63) is 47.5 Å². The van der Waals surface area contributed by atoms with Gasteiger partial charge in [-0.25, -0.2) is 12.8 Å². The highest BCUT2D eigenvalue weighted by atomic mass is 35.5. The van der Waals surface area contributed by atoms with Crippen LogP contribution >= 0.6 is 11.6 Å². The van der Waals surface area contributed by atoms with E-state index in [0.29, 0.717) is 5.69 Å². The average molecular weight is 316 g/mol. The zero-order valence-electron chi connectivity index (χ0n) is 10.4. The van der Waals surface area contributed by atoms with Crippen LogP contribution in [0.5, 0.6) is 0 Å². The molecule has 1 aromatic carbocycles.